The Labute approximate surface area is 252 Å². The van der Waals surface area contributed by atoms with Crippen LogP contribution in [0.15, 0.2) is 88.7 Å². The first kappa shape index (κ1) is 31.2. The lowest BCUT2D eigenvalue weighted by Gasteiger charge is -2.28. The van der Waals surface area contributed by atoms with Gasteiger partial charge in [-0.3, -0.25) is 0 Å². The Morgan fingerprint density at radius 2 is 0.976 bits per heavy atom. The second kappa shape index (κ2) is 10.8. The Balaban J connectivity index is 2.03. The zero-order valence-corrected chi connectivity index (χ0v) is 28.2. The van der Waals surface area contributed by atoms with E-state index in [1.165, 1.54) is 27.8 Å². The van der Waals surface area contributed by atoms with Crippen molar-refractivity contribution in [3.8, 4) is 0 Å². The minimum atomic E-state index is -1.31. The highest BCUT2D eigenvalue weighted by Gasteiger charge is 2.32. The molecule has 0 radical (unpaired) electrons. The van der Waals surface area contributed by atoms with E-state index in [9.17, 15) is 4.21 Å². The van der Waals surface area contributed by atoms with E-state index in [2.05, 4.69) is 132 Å². The molecule has 0 heterocycles. The normalized spacial score (nSPS) is 17.3. The molecule has 2 heteroatoms. The first-order chi connectivity index (χ1) is 18.8. The molecule has 4 rings (SSSR count). The van der Waals surface area contributed by atoms with Crippen LogP contribution in [0.1, 0.15) is 122 Å². The summed E-state index contributed by atoms with van der Waals surface area (Å²) >= 11 is 0. The molecule has 1 unspecified atom stereocenters. The molecule has 41 heavy (non-hydrogen) atoms. The van der Waals surface area contributed by atoms with Crippen LogP contribution in [0.25, 0.3) is 5.57 Å². The summed E-state index contributed by atoms with van der Waals surface area (Å²) in [5.41, 5.74) is 8.72. The van der Waals surface area contributed by atoms with Crippen molar-refractivity contribution in [1.29, 1.82) is 0 Å². The van der Waals surface area contributed by atoms with Gasteiger partial charge in [-0.05, 0) is 72.7 Å². The van der Waals surface area contributed by atoms with Crippen LogP contribution in [0, 0.1) is 0 Å². The van der Waals surface area contributed by atoms with Crippen molar-refractivity contribution in [2.45, 2.75) is 116 Å². The largest absolute Gasteiger partial charge is 0.249 e. The summed E-state index contributed by atoms with van der Waals surface area (Å²) in [6, 6.07) is 24.0. The fraction of sp³-hybridized carbons (Fsp3) is 0.436. The van der Waals surface area contributed by atoms with E-state index in [0.29, 0.717) is 0 Å². The second-order valence-electron chi connectivity index (χ2n) is 15.8. The van der Waals surface area contributed by atoms with Gasteiger partial charge in [-0.15, -0.1) is 0 Å². The van der Waals surface area contributed by atoms with Crippen molar-refractivity contribution in [3.63, 3.8) is 0 Å². The van der Waals surface area contributed by atoms with Gasteiger partial charge in [0.15, 0.2) is 0 Å². The van der Waals surface area contributed by atoms with E-state index in [1.807, 2.05) is 30.3 Å². The predicted molar refractivity (Wildman–Crippen MR) is 179 cm³/mol. The van der Waals surface area contributed by atoms with Crippen LogP contribution in [0.3, 0.4) is 0 Å². The molecular weight excluding hydrogens is 516 g/mol. The standard InChI is InChI=1S/C39H50OS/c1-36(2,3)28-20-26(21-29(24-28)37(4,5)6)33-18-19-34(35(33)41(40)32-16-14-13-15-17-32)27-22-30(38(7,8)9)25-31(23-27)39(10,11)12/h13-25,33H,1-12H3/t33?,41-/m0/s1. The van der Waals surface area contributed by atoms with Crippen LogP contribution >= 0.6 is 0 Å². The van der Waals surface area contributed by atoms with Gasteiger partial charge in [-0.25, -0.2) is 4.21 Å². The Hall–Kier alpha value is -2.71. The van der Waals surface area contributed by atoms with E-state index >= 15 is 0 Å². The first-order valence-corrected chi connectivity index (χ1v) is 16.1. The lowest BCUT2D eigenvalue weighted by Crippen LogP contribution is -2.18. The molecule has 0 amide bonds. The number of benzene rings is 3. The smallest absolute Gasteiger partial charge is 0.0824 e. The van der Waals surface area contributed by atoms with E-state index in [-0.39, 0.29) is 27.6 Å². The second-order valence-corrected chi connectivity index (χ2v) is 17.3. The molecular formula is C39H50OS. The van der Waals surface area contributed by atoms with Crippen molar-refractivity contribution in [1.82, 2.24) is 0 Å². The van der Waals surface area contributed by atoms with E-state index in [0.717, 1.165) is 20.9 Å². The first-order valence-electron chi connectivity index (χ1n) is 15.0. The van der Waals surface area contributed by atoms with Gasteiger partial charge in [0.2, 0.25) is 0 Å². The molecule has 3 aromatic rings. The third-order valence-electron chi connectivity index (χ3n) is 8.18. The monoisotopic (exact) mass is 566 g/mol. The molecule has 0 saturated heterocycles. The molecule has 1 aliphatic carbocycles. The number of rotatable bonds is 4. The fourth-order valence-corrected chi connectivity index (χ4v) is 6.75. The minimum absolute atomic E-state index is 0.000312. The van der Waals surface area contributed by atoms with Crippen molar-refractivity contribution in [2.75, 3.05) is 0 Å². The van der Waals surface area contributed by atoms with Crippen molar-refractivity contribution in [2.24, 2.45) is 0 Å². The number of allylic oxidation sites excluding steroid dienone is 4. The maximum absolute atomic E-state index is 14.6. The molecule has 0 N–H and O–H groups in total. The van der Waals surface area contributed by atoms with E-state index < -0.39 is 10.8 Å². The highest BCUT2D eigenvalue weighted by Crippen LogP contribution is 2.45. The zero-order chi connectivity index (χ0) is 30.5. The summed E-state index contributed by atoms with van der Waals surface area (Å²) in [5, 5.41) is 0. The van der Waals surface area contributed by atoms with Gasteiger partial charge in [0.05, 0.1) is 10.8 Å². The lowest BCUT2D eigenvalue weighted by molar-refractivity contribution is 0.566. The molecule has 1 aliphatic rings. The quantitative estimate of drug-likeness (QED) is 0.307. The zero-order valence-electron chi connectivity index (χ0n) is 27.4. The van der Waals surface area contributed by atoms with Gasteiger partial charge in [0.1, 0.15) is 0 Å². The van der Waals surface area contributed by atoms with Crippen LogP contribution in [-0.2, 0) is 32.5 Å². The minimum Gasteiger partial charge on any atom is -0.249 e. The molecule has 0 aliphatic heterocycles. The van der Waals surface area contributed by atoms with Crippen LogP contribution in [0.2, 0.25) is 0 Å². The molecule has 0 fully saturated rings. The van der Waals surface area contributed by atoms with E-state index in [1.54, 1.807) is 0 Å². The summed E-state index contributed by atoms with van der Waals surface area (Å²) in [6.45, 7) is 27.3. The Kier molecular flexibility index (Phi) is 8.26. The van der Waals surface area contributed by atoms with Crippen LogP contribution in [-0.4, -0.2) is 4.21 Å². The van der Waals surface area contributed by atoms with Gasteiger partial charge in [-0.1, -0.05) is 150 Å². The molecule has 0 spiro atoms. The fourth-order valence-electron chi connectivity index (χ4n) is 5.26. The van der Waals surface area contributed by atoms with Crippen LogP contribution in [0.4, 0.5) is 0 Å². The highest BCUT2D eigenvalue weighted by atomic mass is 32.2. The highest BCUT2D eigenvalue weighted by molar-refractivity contribution is 7.89. The van der Waals surface area contributed by atoms with Gasteiger partial charge >= 0.3 is 0 Å². The molecule has 0 bridgehead atoms. The molecule has 0 saturated carbocycles. The SMILES string of the molecule is CC(C)(C)c1cc(C2=C([S@@](=O)c3ccccc3)C(c3cc(C(C)(C)C)cc(C(C)(C)C)c3)C=C2)cc(C(C)(C)C)c1. The summed E-state index contributed by atoms with van der Waals surface area (Å²) in [5.74, 6) is -0.0641. The third-order valence-corrected chi connectivity index (χ3v) is 9.76. The molecule has 2 atom stereocenters. The topological polar surface area (TPSA) is 17.1 Å². The van der Waals surface area contributed by atoms with Crippen molar-refractivity contribution in [3.05, 3.63) is 117 Å². The van der Waals surface area contributed by atoms with Gasteiger partial charge in [0.25, 0.3) is 0 Å². The average Bonchev–Trinajstić information content (AvgIpc) is 3.31. The Morgan fingerprint density at radius 3 is 1.39 bits per heavy atom. The summed E-state index contributed by atoms with van der Waals surface area (Å²) in [7, 11) is -1.31. The third kappa shape index (κ3) is 6.86. The molecule has 3 aromatic carbocycles. The van der Waals surface area contributed by atoms with Crippen LogP contribution in [0.5, 0.6) is 0 Å². The maximum Gasteiger partial charge on any atom is 0.0824 e. The Bertz CT molecular complexity index is 1440. The average molecular weight is 567 g/mol. The summed E-state index contributed by atoms with van der Waals surface area (Å²) in [4.78, 5) is 1.83. The van der Waals surface area contributed by atoms with Gasteiger partial charge < -0.3 is 0 Å². The van der Waals surface area contributed by atoms with Crippen molar-refractivity contribution >= 4 is 16.4 Å². The molecule has 1 nitrogen and oxygen atoms in total. The lowest BCUT2D eigenvalue weighted by atomic mass is 9.78. The summed E-state index contributed by atoms with van der Waals surface area (Å²) < 4.78 is 14.6. The molecule has 0 aromatic heterocycles. The Morgan fingerprint density at radius 1 is 0.561 bits per heavy atom. The maximum atomic E-state index is 14.6. The van der Waals surface area contributed by atoms with Gasteiger partial charge in [0, 0.05) is 15.7 Å². The van der Waals surface area contributed by atoms with E-state index in [4.69, 9.17) is 0 Å². The summed E-state index contributed by atoms with van der Waals surface area (Å²) in [6.07, 6.45) is 4.51. The molecule has 218 valence electrons. The van der Waals surface area contributed by atoms with Crippen molar-refractivity contribution < 1.29 is 4.21 Å². The number of hydrogen-bond acceptors (Lipinski definition) is 1. The van der Waals surface area contributed by atoms with Crippen LogP contribution < -0.4 is 0 Å². The predicted octanol–water partition coefficient (Wildman–Crippen LogP) is 10.7. The number of hydrogen-bond donors (Lipinski definition) is 0. The van der Waals surface area contributed by atoms with Gasteiger partial charge in [-0.2, -0.15) is 0 Å².